The maximum atomic E-state index is 10.8. The molecule has 0 aliphatic rings. The number of rotatable bonds is 14. The fourth-order valence-electron chi connectivity index (χ4n) is 4.06. The molecule has 3 heteroatoms. The number of phenolic OH excluding ortho intramolecular Hbond substituents is 2. The third-order valence-electron chi connectivity index (χ3n) is 6.02. The molecule has 0 spiro atoms. The van der Waals surface area contributed by atoms with E-state index in [1.54, 1.807) is 0 Å². The van der Waals surface area contributed by atoms with Crippen molar-refractivity contribution in [3.8, 4) is 11.5 Å². The Balaban J connectivity index is 2.39. The molecule has 2 aromatic carbocycles. The summed E-state index contributed by atoms with van der Waals surface area (Å²) in [6, 6.07) is 9.15. The number of hydrogen-bond donors (Lipinski definition) is 2. The van der Waals surface area contributed by atoms with Crippen LogP contribution in [0.15, 0.2) is 24.3 Å². The van der Waals surface area contributed by atoms with Crippen LogP contribution in [0.25, 0.3) is 0 Å². The van der Waals surface area contributed by atoms with Crippen molar-refractivity contribution in [2.24, 2.45) is 0 Å². The average Bonchev–Trinajstić information content (AvgIpc) is 2.77. The first kappa shape index (κ1) is 26.1. The molecule has 0 atom stereocenters. The molecule has 0 saturated carbocycles. The maximum absolute atomic E-state index is 10.8. The molecule has 31 heavy (non-hydrogen) atoms. The quantitative estimate of drug-likeness (QED) is 0.290. The number of phenols is 2. The van der Waals surface area contributed by atoms with E-state index in [0.717, 1.165) is 99.3 Å². The number of hydrogen-bond acceptors (Lipinski definition) is 2. The van der Waals surface area contributed by atoms with Crippen LogP contribution in [0.3, 0.4) is 0 Å². The van der Waals surface area contributed by atoms with Crippen molar-refractivity contribution < 1.29 is 10.2 Å². The van der Waals surface area contributed by atoms with Crippen LogP contribution >= 0.6 is 0 Å². The molecule has 0 aliphatic carbocycles. The Morgan fingerprint density at radius 1 is 0.516 bits per heavy atom. The standard InChI is InChI=1S/2C14H21O.Sn/c2*1-3-5-8-12-10-7-11-13(14(12)15)9-6-4-2;/h2*10-11,15H,3-6,8-9H2,1-2H3;/q;;+2. The van der Waals surface area contributed by atoms with Crippen LogP contribution in [0.4, 0.5) is 0 Å². The predicted octanol–water partition coefficient (Wildman–Crippen LogP) is 6.12. The summed E-state index contributed by atoms with van der Waals surface area (Å²) < 4.78 is 2.90. The van der Waals surface area contributed by atoms with Gasteiger partial charge in [-0.1, -0.05) is 0 Å². The summed E-state index contributed by atoms with van der Waals surface area (Å²) >= 11 is -1.01. The van der Waals surface area contributed by atoms with Crippen LogP contribution < -0.4 is 7.16 Å². The zero-order valence-electron chi connectivity index (χ0n) is 20.2. The zero-order chi connectivity index (χ0) is 22.6. The Morgan fingerprint density at radius 2 is 0.774 bits per heavy atom. The summed E-state index contributed by atoms with van der Waals surface area (Å²) in [5.41, 5.74) is 4.56. The normalized spacial score (nSPS) is 11.0. The average molecular weight is 529 g/mol. The first-order valence-electron chi connectivity index (χ1n) is 12.5. The number of unbranched alkanes of at least 4 members (excludes halogenated alkanes) is 4. The minimum absolute atomic E-state index is 0.544. The molecule has 0 bridgehead atoms. The third kappa shape index (κ3) is 8.04. The summed E-state index contributed by atoms with van der Waals surface area (Å²) in [5, 5.41) is 21.7. The van der Waals surface area contributed by atoms with Gasteiger partial charge in [-0.2, -0.15) is 0 Å². The van der Waals surface area contributed by atoms with Gasteiger partial charge in [-0.3, -0.25) is 0 Å². The van der Waals surface area contributed by atoms with Crippen molar-refractivity contribution in [1.82, 2.24) is 0 Å². The molecule has 0 radical (unpaired) electrons. The SMILES string of the molecule is CCCCc1c[c]([Sn+2][c]2cc(CCCC)c(O)c(CCCC)c2)cc(CCCC)c1O. The number of benzene rings is 2. The van der Waals surface area contributed by atoms with Gasteiger partial charge in [-0.15, -0.1) is 0 Å². The van der Waals surface area contributed by atoms with Gasteiger partial charge < -0.3 is 0 Å². The van der Waals surface area contributed by atoms with Gasteiger partial charge in [-0.25, -0.2) is 0 Å². The van der Waals surface area contributed by atoms with Crippen molar-refractivity contribution in [3.63, 3.8) is 0 Å². The van der Waals surface area contributed by atoms with Gasteiger partial charge in [0.05, 0.1) is 0 Å². The topological polar surface area (TPSA) is 40.5 Å². The summed E-state index contributed by atoms with van der Waals surface area (Å²) in [7, 11) is 0. The molecule has 0 unspecified atom stereocenters. The molecule has 2 nitrogen and oxygen atoms in total. The molecule has 0 aliphatic heterocycles. The van der Waals surface area contributed by atoms with Crippen LogP contribution in [-0.4, -0.2) is 31.4 Å². The number of aryl methyl sites for hydroxylation is 4. The molecule has 2 N–H and O–H groups in total. The number of aromatic hydroxyl groups is 2. The molecular formula is C28H42O2Sn+2. The van der Waals surface area contributed by atoms with Crippen molar-refractivity contribution in [2.75, 3.05) is 0 Å². The van der Waals surface area contributed by atoms with Crippen molar-refractivity contribution in [1.29, 1.82) is 0 Å². The minimum atomic E-state index is -1.01. The van der Waals surface area contributed by atoms with E-state index in [-0.39, 0.29) is 0 Å². The first-order valence-corrected chi connectivity index (χ1v) is 15.4. The monoisotopic (exact) mass is 530 g/mol. The van der Waals surface area contributed by atoms with E-state index in [2.05, 4.69) is 52.0 Å². The predicted molar refractivity (Wildman–Crippen MR) is 136 cm³/mol. The van der Waals surface area contributed by atoms with Crippen LogP contribution in [0.1, 0.15) is 101 Å². The van der Waals surface area contributed by atoms with E-state index in [0.29, 0.717) is 11.5 Å². The second-order valence-electron chi connectivity index (χ2n) is 8.83. The van der Waals surface area contributed by atoms with Crippen molar-refractivity contribution in [2.45, 2.75) is 105 Å². The van der Waals surface area contributed by atoms with Gasteiger partial charge in [0.25, 0.3) is 0 Å². The van der Waals surface area contributed by atoms with E-state index in [4.69, 9.17) is 0 Å². The summed E-state index contributed by atoms with van der Waals surface area (Å²) in [6.45, 7) is 8.84. The van der Waals surface area contributed by atoms with Crippen LogP contribution in [0, 0.1) is 0 Å². The third-order valence-corrected chi connectivity index (χ3v) is 9.32. The second-order valence-corrected chi connectivity index (χ2v) is 12.8. The van der Waals surface area contributed by atoms with Crippen molar-refractivity contribution >= 4 is 28.3 Å². The fourth-order valence-corrected chi connectivity index (χ4v) is 7.83. The van der Waals surface area contributed by atoms with E-state index in [1.807, 2.05) is 0 Å². The Bertz CT molecular complexity index is 687. The second kappa shape index (κ2) is 14.1. The van der Waals surface area contributed by atoms with Crippen LogP contribution in [0.2, 0.25) is 0 Å². The molecule has 0 heterocycles. The Morgan fingerprint density at radius 3 is 1.00 bits per heavy atom. The molecule has 2 rings (SSSR count). The van der Waals surface area contributed by atoms with Gasteiger partial charge in [0.15, 0.2) is 0 Å². The van der Waals surface area contributed by atoms with Crippen LogP contribution in [-0.2, 0) is 25.7 Å². The summed E-state index contributed by atoms with van der Waals surface area (Å²) in [4.78, 5) is 0. The van der Waals surface area contributed by atoms with Gasteiger partial charge in [-0.05, 0) is 0 Å². The fraction of sp³-hybridized carbons (Fsp3) is 0.571. The van der Waals surface area contributed by atoms with Crippen LogP contribution in [0.5, 0.6) is 11.5 Å². The first-order chi connectivity index (χ1) is 15.0. The summed E-state index contributed by atoms with van der Waals surface area (Å²) in [6.07, 6.45) is 12.9. The van der Waals surface area contributed by atoms with E-state index < -0.39 is 21.1 Å². The van der Waals surface area contributed by atoms with Gasteiger partial charge >= 0.3 is 201 Å². The zero-order valence-corrected chi connectivity index (χ0v) is 23.0. The molecule has 0 fully saturated rings. The Kier molecular flexibility index (Phi) is 11.9. The Hall–Kier alpha value is -1.16. The molecule has 0 saturated heterocycles. The van der Waals surface area contributed by atoms with E-state index >= 15 is 0 Å². The van der Waals surface area contributed by atoms with Gasteiger partial charge in [0, 0.05) is 0 Å². The molecule has 0 aromatic heterocycles. The van der Waals surface area contributed by atoms with Gasteiger partial charge in [0.2, 0.25) is 0 Å². The molecule has 168 valence electrons. The van der Waals surface area contributed by atoms with E-state index in [9.17, 15) is 10.2 Å². The molecule has 2 aromatic rings. The van der Waals surface area contributed by atoms with Crippen molar-refractivity contribution in [3.05, 3.63) is 46.5 Å². The van der Waals surface area contributed by atoms with E-state index in [1.165, 1.54) is 7.16 Å². The molecular weight excluding hydrogens is 487 g/mol. The summed E-state index contributed by atoms with van der Waals surface area (Å²) in [5.74, 6) is 1.09. The molecule has 0 amide bonds. The van der Waals surface area contributed by atoms with Gasteiger partial charge in [0.1, 0.15) is 0 Å². The Labute approximate surface area is 200 Å².